The molecular weight excluding hydrogens is 383 g/mol. The summed E-state index contributed by atoms with van der Waals surface area (Å²) >= 11 is 0. The van der Waals surface area contributed by atoms with E-state index in [2.05, 4.69) is 5.32 Å². The second-order valence-corrected chi connectivity index (χ2v) is 7.57. The summed E-state index contributed by atoms with van der Waals surface area (Å²) in [7, 11) is 1.60. The largest absolute Gasteiger partial charge is 0.490 e. The van der Waals surface area contributed by atoms with Gasteiger partial charge in [-0.3, -0.25) is 9.59 Å². The van der Waals surface area contributed by atoms with Crippen LogP contribution < -0.4 is 10.1 Å². The number of benzene rings is 2. The molecule has 0 spiro atoms. The smallest absolute Gasteiger partial charge is 0.258 e. The van der Waals surface area contributed by atoms with E-state index in [1.807, 2.05) is 25.1 Å². The van der Waals surface area contributed by atoms with E-state index in [4.69, 9.17) is 4.74 Å². The summed E-state index contributed by atoms with van der Waals surface area (Å²) in [5.41, 5.74) is 1.22. The SMILES string of the molecule is C[C@@H]1C(=O)N[C@@H](c2ccc(F)cc2)C/C=C\C[C@H](C)Oc2ccccc2C(=O)N1C. The van der Waals surface area contributed by atoms with Crippen LogP contribution in [0.3, 0.4) is 0 Å². The third-order valence-electron chi connectivity index (χ3n) is 5.32. The Balaban J connectivity index is 1.92. The third-order valence-corrected chi connectivity index (χ3v) is 5.32. The highest BCUT2D eigenvalue weighted by molar-refractivity contribution is 5.99. The number of ether oxygens (including phenoxy) is 1. The Hall–Kier alpha value is -3.15. The normalized spacial score (nSPS) is 24.3. The fraction of sp³-hybridized carbons (Fsp3) is 0.333. The van der Waals surface area contributed by atoms with Crippen LogP contribution in [-0.2, 0) is 4.79 Å². The summed E-state index contributed by atoms with van der Waals surface area (Å²) < 4.78 is 19.3. The first-order valence-electron chi connectivity index (χ1n) is 10.1. The number of nitrogens with one attached hydrogen (secondary N) is 1. The molecule has 0 fully saturated rings. The van der Waals surface area contributed by atoms with Crippen LogP contribution in [0.1, 0.15) is 48.7 Å². The van der Waals surface area contributed by atoms with Gasteiger partial charge in [0, 0.05) is 13.5 Å². The van der Waals surface area contributed by atoms with Crippen molar-refractivity contribution in [2.24, 2.45) is 0 Å². The van der Waals surface area contributed by atoms with E-state index < -0.39 is 6.04 Å². The molecule has 2 amide bonds. The molecule has 5 nitrogen and oxygen atoms in total. The maximum Gasteiger partial charge on any atom is 0.258 e. The van der Waals surface area contributed by atoms with Gasteiger partial charge in [0.15, 0.2) is 0 Å². The monoisotopic (exact) mass is 410 g/mol. The second kappa shape index (κ2) is 9.57. The number of amides is 2. The highest BCUT2D eigenvalue weighted by Gasteiger charge is 2.27. The predicted octanol–water partition coefficient (Wildman–Crippen LogP) is 4.26. The number of carbonyl (C=O) groups excluding carboxylic acids is 2. The van der Waals surface area contributed by atoms with E-state index in [-0.39, 0.29) is 29.8 Å². The van der Waals surface area contributed by atoms with Crippen molar-refractivity contribution in [3.05, 3.63) is 77.6 Å². The highest BCUT2D eigenvalue weighted by Crippen LogP contribution is 2.24. The molecule has 2 aromatic carbocycles. The third kappa shape index (κ3) is 5.06. The maximum atomic E-state index is 13.3. The number of likely N-dealkylation sites (N-methyl/N-ethyl adjacent to an activating group) is 1. The van der Waals surface area contributed by atoms with Crippen LogP contribution in [0.25, 0.3) is 0 Å². The molecular formula is C24H27FN2O3. The van der Waals surface area contributed by atoms with E-state index in [1.165, 1.54) is 17.0 Å². The lowest BCUT2D eigenvalue weighted by Crippen LogP contribution is -2.47. The molecule has 0 bridgehead atoms. The first-order chi connectivity index (χ1) is 14.4. The van der Waals surface area contributed by atoms with Crippen molar-refractivity contribution in [1.82, 2.24) is 10.2 Å². The zero-order chi connectivity index (χ0) is 21.7. The molecule has 158 valence electrons. The summed E-state index contributed by atoms with van der Waals surface area (Å²) in [4.78, 5) is 27.4. The second-order valence-electron chi connectivity index (χ2n) is 7.57. The molecule has 0 unspecified atom stereocenters. The standard InChI is InChI=1S/C24H27FN2O3/c1-16-8-4-6-10-21(18-12-14-19(25)15-13-18)26-23(28)17(2)27(3)24(29)20-9-5-7-11-22(20)30-16/h4-7,9,11-17,21H,8,10H2,1-3H3,(H,26,28)/b6-4-/t16-,17+,21+/m0/s1. The first kappa shape index (κ1) is 21.6. The Morgan fingerprint density at radius 1 is 1.00 bits per heavy atom. The Morgan fingerprint density at radius 3 is 2.40 bits per heavy atom. The summed E-state index contributed by atoms with van der Waals surface area (Å²) in [6.45, 7) is 3.63. The maximum absolute atomic E-state index is 13.3. The van der Waals surface area contributed by atoms with E-state index in [9.17, 15) is 14.0 Å². The van der Waals surface area contributed by atoms with Crippen molar-refractivity contribution in [1.29, 1.82) is 0 Å². The molecule has 6 heteroatoms. The number of para-hydroxylation sites is 1. The molecule has 0 radical (unpaired) electrons. The van der Waals surface area contributed by atoms with Crippen LogP contribution in [-0.4, -0.2) is 35.9 Å². The van der Waals surface area contributed by atoms with Crippen molar-refractivity contribution in [3.63, 3.8) is 0 Å². The van der Waals surface area contributed by atoms with E-state index in [0.29, 0.717) is 24.2 Å². The van der Waals surface area contributed by atoms with Gasteiger partial charge in [0.2, 0.25) is 5.91 Å². The molecule has 0 saturated carbocycles. The molecule has 1 N–H and O–H groups in total. The number of halogens is 1. The summed E-state index contributed by atoms with van der Waals surface area (Å²) in [5, 5.41) is 3.00. The first-order valence-corrected chi connectivity index (χ1v) is 10.1. The van der Waals surface area contributed by atoms with Gasteiger partial charge in [-0.1, -0.05) is 36.4 Å². The van der Waals surface area contributed by atoms with Crippen LogP contribution in [0.4, 0.5) is 4.39 Å². The molecule has 1 aliphatic rings. The predicted molar refractivity (Wildman–Crippen MR) is 114 cm³/mol. The van der Waals surface area contributed by atoms with Crippen molar-refractivity contribution in [3.8, 4) is 5.75 Å². The summed E-state index contributed by atoms with van der Waals surface area (Å²) in [6.07, 6.45) is 5.06. The Kier molecular flexibility index (Phi) is 6.87. The molecule has 3 atom stereocenters. The number of hydrogen-bond acceptors (Lipinski definition) is 3. The zero-order valence-corrected chi connectivity index (χ0v) is 17.5. The Morgan fingerprint density at radius 2 is 1.67 bits per heavy atom. The van der Waals surface area contributed by atoms with Crippen LogP contribution in [0, 0.1) is 5.82 Å². The van der Waals surface area contributed by atoms with Gasteiger partial charge in [-0.25, -0.2) is 4.39 Å². The fourth-order valence-electron chi connectivity index (χ4n) is 3.34. The summed E-state index contributed by atoms with van der Waals surface area (Å²) in [6, 6.07) is 12.1. The van der Waals surface area contributed by atoms with Gasteiger partial charge < -0.3 is 15.0 Å². The molecule has 1 aliphatic heterocycles. The van der Waals surface area contributed by atoms with Gasteiger partial charge in [0.25, 0.3) is 5.91 Å². The average Bonchev–Trinajstić information content (AvgIpc) is 2.74. The average molecular weight is 410 g/mol. The van der Waals surface area contributed by atoms with Crippen molar-refractivity contribution in [2.75, 3.05) is 7.05 Å². The van der Waals surface area contributed by atoms with Crippen LogP contribution in [0.15, 0.2) is 60.7 Å². The number of nitrogens with zero attached hydrogens (tertiary/aromatic N) is 1. The molecule has 3 rings (SSSR count). The number of fused-ring (bicyclic) bond motifs is 1. The van der Waals surface area contributed by atoms with Crippen molar-refractivity contribution >= 4 is 11.8 Å². The van der Waals surface area contributed by atoms with Gasteiger partial charge in [0.05, 0.1) is 17.7 Å². The lowest BCUT2D eigenvalue weighted by atomic mass is 10.0. The minimum atomic E-state index is -0.696. The quantitative estimate of drug-likeness (QED) is 0.715. The number of carbonyl (C=O) groups is 2. The number of hydrogen-bond donors (Lipinski definition) is 1. The van der Waals surface area contributed by atoms with Crippen LogP contribution in [0.2, 0.25) is 0 Å². The van der Waals surface area contributed by atoms with Crippen LogP contribution >= 0.6 is 0 Å². The van der Waals surface area contributed by atoms with E-state index in [1.54, 1.807) is 44.3 Å². The molecule has 1 heterocycles. The Labute approximate surface area is 176 Å². The van der Waals surface area contributed by atoms with Crippen molar-refractivity contribution < 1.29 is 18.7 Å². The van der Waals surface area contributed by atoms with Gasteiger partial charge in [-0.2, -0.15) is 0 Å². The minimum absolute atomic E-state index is 0.125. The molecule has 2 aromatic rings. The fourth-order valence-corrected chi connectivity index (χ4v) is 3.34. The van der Waals surface area contributed by atoms with Gasteiger partial charge >= 0.3 is 0 Å². The van der Waals surface area contributed by atoms with Crippen LogP contribution in [0.5, 0.6) is 5.75 Å². The van der Waals surface area contributed by atoms with Gasteiger partial charge in [-0.15, -0.1) is 0 Å². The molecule has 0 saturated heterocycles. The number of rotatable bonds is 1. The lowest BCUT2D eigenvalue weighted by molar-refractivity contribution is -0.125. The van der Waals surface area contributed by atoms with Crippen molar-refractivity contribution in [2.45, 2.75) is 44.9 Å². The van der Waals surface area contributed by atoms with Gasteiger partial charge in [-0.05, 0) is 50.1 Å². The Bertz CT molecular complexity index is 926. The molecule has 0 aliphatic carbocycles. The minimum Gasteiger partial charge on any atom is -0.490 e. The van der Waals surface area contributed by atoms with Gasteiger partial charge in [0.1, 0.15) is 17.6 Å². The highest BCUT2D eigenvalue weighted by atomic mass is 19.1. The molecule has 0 aromatic heterocycles. The zero-order valence-electron chi connectivity index (χ0n) is 17.5. The topological polar surface area (TPSA) is 58.6 Å². The summed E-state index contributed by atoms with van der Waals surface area (Å²) in [5.74, 6) is -0.391. The van der Waals surface area contributed by atoms with E-state index >= 15 is 0 Å². The van der Waals surface area contributed by atoms with E-state index in [0.717, 1.165) is 5.56 Å². The lowest BCUT2D eigenvalue weighted by Gasteiger charge is -2.28. The molecule has 30 heavy (non-hydrogen) atoms.